The van der Waals surface area contributed by atoms with Gasteiger partial charge in [0.05, 0.1) is 12.7 Å². The lowest BCUT2D eigenvalue weighted by atomic mass is 9.80. The maximum absolute atomic E-state index is 12.2. The van der Waals surface area contributed by atoms with Crippen LogP contribution in [0, 0.1) is 11.3 Å². The van der Waals surface area contributed by atoms with Crippen molar-refractivity contribution in [3.05, 3.63) is 0 Å². The molecule has 0 saturated carbocycles. The molecule has 1 heterocycles. The summed E-state index contributed by atoms with van der Waals surface area (Å²) >= 11 is 0. The number of rotatable bonds is 5. The standard InChI is InChI=1S/C14H25NO4/c1-5-18-13(17)11(14(2,3)4)12(16)15-9-10-7-6-8-19-10/h10-11H,5-9H2,1-4H3,(H,15,16). The Morgan fingerprint density at radius 1 is 1.42 bits per heavy atom. The summed E-state index contributed by atoms with van der Waals surface area (Å²) in [7, 11) is 0. The SMILES string of the molecule is CCOC(=O)C(C(=O)NCC1CCCO1)C(C)(C)C. The number of hydrogen-bond acceptors (Lipinski definition) is 4. The van der Waals surface area contributed by atoms with Gasteiger partial charge >= 0.3 is 5.97 Å². The van der Waals surface area contributed by atoms with E-state index in [0.29, 0.717) is 6.54 Å². The Morgan fingerprint density at radius 3 is 2.58 bits per heavy atom. The van der Waals surface area contributed by atoms with E-state index in [4.69, 9.17) is 9.47 Å². The van der Waals surface area contributed by atoms with E-state index >= 15 is 0 Å². The predicted molar refractivity (Wildman–Crippen MR) is 71.6 cm³/mol. The molecular weight excluding hydrogens is 246 g/mol. The normalized spacial score (nSPS) is 20.9. The van der Waals surface area contributed by atoms with E-state index in [-0.39, 0.29) is 18.6 Å². The summed E-state index contributed by atoms with van der Waals surface area (Å²) in [5.41, 5.74) is -0.465. The number of carbonyl (C=O) groups is 2. The molecule has 0 spiro atoms. The highest BCUT2D eigenvalue weighted by molar-refractivity contribution is 5.98. The van der Waals surface area contributed by atoms with Gasteiger partial charge in [0, 0.05) is 13.2 Å². The van der Waals surface area contributed by atoms with Crippen LogP contribution in [0.1, 0.15) is 40.5 Å². The first kappa shape index (κ1) is 16.0. The number of hydrogen-bond donors (Lipinski definition) is 1. The molecule has 1 rings (SSSR count). The molecule has 1 N–H and O–H groups in total. The molecule has 1 aliphatic heterocycles. The molecule has 0 bridgehead atoms. The number of esters is 1. The van der Waals surface area contributed by atoms with Crippen molar-refractivity contribution < 1.29 is 19.1 Å². The van der Waals surface area contributed by atoms with Gasteiger partial charge in [-0.3, -0.25) is 9.59 Å². The van der Waals surface area contributed by atoms with Gasteiger partial charge in [0.2, 0.25) is 5.91 Å². The van der Waals surface area contributed by atoms with E-state index in [1.165, 1.54) is 0 Å². The fourth-order valence-electron chi connectivity index (χ4n) is 2.20. The van der Waals surface area contributed by atoms with Gasteiger partial charge in [-0.15, -0.1) is 0 Å². The first-order valence-corrected chi connectivity index (χ1v) is 6.92. The molecule has 0 aromatic carbocycles. The van der Waals surface area contributed by atoms with Crippen LogP contribution < -0.4 is 5.32 Å². The average Bonchev–Trinajstić information content (AvgIpc) is 2.77. The molecule has 0 aromatic heterocycles. The average molecular weight is 271 g/mol. The quantitative estimate of drug-likeness (QED) is 0.608. The third-order valence-electron chi connectivity index (χ3n) is 3.18. The van der Waals surface area contributed by atoms with Crippen LogP contribution in [0.15, 0.2) is 0 Å². The number of carbonyl (C=O) groups excluding carboxylic acids is 2. The zero-order valence-electron chi connectivity index (χ0n) is 12.3. The third kappa shape index (κ3) is 4.82. The van der Waals surface area contributed by atoms with Gasteiger partial charge < -0.3 is 14.8 Å². The Morgan fingerprint density at radius 2 is 2.11 bits per heavy atom. The Hall–Kier alpha value is -1.10. The molecular formula is C14H25NO4. The Balaban J connectivity index is 2.58. The lowest BCUT2D eigenvalue weighted by Gasteiger charge is -2.28. The van der Waals surface area contributed by atoms with Crippen LogP contribution in [0.25, 0.3) is 0 Å². The van der Waals surface area contributed by atoms with Crippen LogP contribution in [-0.4, -0.2) is 37.7 Å². The van der Waals surface area contributed by atoms with E-state index in [0.717, 1.165) is 19.4 Å². The monoisotopic (exact) mass is 271 g/mol. The van der Waals surface area contributed by atoms with Gasteiger partial charge in [0.15, 0.2) is 0 Å². The molecule has 0 aromatic rings. The van der Waals surface area contributed by atoms with E-state index in [2.05, 4.69) is 5.32 Å². The minimum Gasteiger partial charge on any atom is -0.465 e. The molecule has 1 fully saturated rings. The first-order valence-electron chi connectivity index (χ1n) is 6.92. The van der Waals surface area contributed by atoms with Crippen molar-refractivity contribution in [1.29, 1.82) is 0 Å². The van der Waals surface area contributed by atoms with Crippen LogP contribution >= 0.6 is 0 Å². The Bertz CT molecular complexity index is 316. The zero-order chi connectivity index (χ0) is 14.5. The van der Waals surface area contributed by atoms with Crippen LogP contribution in [0.3, 0.4) is 0 Å². The van der Waals surface area contributed by atoms with Gasteiger partial charge in [0.25, 0.3) is 0 Å². The topological polar surface area (TPSA) is 64.6 Å². The van der Waals surface area contributed by atoms with E-state index in [1.807, 2.05) is 20.8 Å². The largest absolute Gasteiger partial charge is 0.465 e. The van der Waals surface area contributed by atoms with Gasteiger partial charge in [-0.25, -0.2) is 0 Å². The molecule has 5 heteroatoms. The minimum absolute atomic E-state index is 0.0757. The summed E-state index contributed by atoms with van der Waals surface area (Å²) in [5.74, 6) is -1.52. The second-order valence-corrected chi connectivity index (χ2v) is 5.93. The molecule has 1 aliphatic rings. The molecule has 2 atom stereocenters. The number of nitrogens with one attached hydrogen (secondary N) is 1. The van der Waals surface area contributed by atoms with Crippen molar-refractivity contribution >= 4 is 11.9 Å². The fraction of sp³-hybridized carbons (Fsp3) is 0.857. The zero-order valence-corrected chi connectivity index (χ0v) is 12.3. The van der Waals surface area contributed by atoms with Gasteiger partial charge in [-0.1, -0.05) is 20.8 Å². The summed E-state index contributed by atoms with van der Waals surface area (Å²) in [4.78, 5) is 24.1. The maximum Gasteiger partial charge on any atom is 0.319 e. The number of ether oxygens (including phenoxy) is 2. The molecule has 0 aliphatic carbocycles. The maximum atomic E-state index is 12.2. The lowest BCUT2D eigenvalue weighted by Crippen LogP contribution is -2.45. The van der Waals surface area contributed by atoms with Crippen molar-refractivity contribution in [2.75, 3.05) is 19.8 Å². The Kier molecular flexibility index (Phi) is 5.79. The smallest absolute Gasteiger partial charge is 0.319 e. The summed E-state index contributed by atoms with van der Waals surface area (Å²) < 4.78 is 10.4. The fourth-order valence-corrected chi connectivity index (χ4v) is 2.20. The molecule has 2 unspecified atom stereocenters. The summed E-state index contributed by atoms with van der Waals surface area (Å²) in [5, 5.41) is 2.81. The first-order chi connectivity index (χ1) is 8.86. The predicted octanol–water partition coefficient (Wildman–Crippen LogP) is 1.51. The summed E-state index contributed by atoms with van der Waals surface area (Å²) in [6.45, 7) is 8.82. The molecule has 5 nitrogen and oxygen atoms in total. The summed E-state index contributed by atoms with van der Waals surface area (Å²) in [6, 6.07) is 0. The van der Waals surface area contributed by atoms with E-state index < -0.39 is 17.3 Å². The molecule has 0 radical (unpaired) electrons. The third-order valence-corrected chi connectivity index (χ3v) is 3.18. The van der Waals surface area contributed by atoms with Crippen LogP contribution in [0.2, 0.25) is 0 Å². The van der Waals surface area contributed by atoms with Crippen molar-refractivity contribution in [3.63, 3.8) is 0 Å². The number of amides is 1. The highest BCUT2D eigenvalue weighted by atomic mass is 16.5. The molecule has 1 amide bonds. The van der Waals surface area contributed by atoms with Crippen molar-refractivity contribution in [1.82, 2.24) is 5.32 Å². The van der Waals surface area contributed by atoms with Gasteiger partial charge in [-0.05, 0) is 25.2 Å². The second-order valence-electron chi connectivity index (χ2n) is 5.93. The van der Waals surface area contributed by atoms with Crippen molar-refractivity contribution in [3.8, 4) is 0 Å². The van der Waals surface area contributed by atoms with E-state index in [1.54, 1.807) is 6.92 Å². The van der Waals surface area contributed by atoms with Crippen LogP contribution in [0.5, 0.6) is 0 Å². The van der Waals surface area contributed by atoms with Crippen LogP contribution in [-0.2, 0) is 19.1 Å². The minimum atomic E-state index is -0.783. The summed E-state index contributed by atoms with van der Waals surface area (Å²) in [6.07, 6.45) is 2.06. The molecule has 19 heavy (non-hydrogen) atoms. The highest BCUT2D eigenvalue weighted by Gasteiger charge is 2.39. The second kappa shape index (κ2) is 6.89. The van der Waals surface area contributed by atoms with Crippen LogP contribution in [0.4, 0.5) is 0 Å². The van der Waals surface area contributed by atoms with Gasteiger partial charge in [0.1, 0.15) is 5.92 Å². The molecule has 1 saturated heterocycles. The lowest BCUT2D eigenvalue weighted by molar-refractivity contribution is -0.156. The molecule has 110 valence electrons. The van der Waals surface area contributed by atoms with E-state index in [9.17, 15) is 9.59 Å². The van der Waals surface area contributed by atoms with Crippen molar-refractivity contribution in [2.24, 2.45) is 11.3 Å². The highest BCUT2D eigenvalue weighted by Crippen LogP contribution is 2.27. The Labute approximate surface area is 115 Å². The van der Waals surface area contributed by atoms with Crippen molar-refractivity contribution in [2.45, 2.75) is 46.6 Å². The van der Waals surface area contributed by atoms with Gasteiger partial charge in [-0.2, -0.15) is 0 Å².